The van der Waals surface area contributed by atoms with Crippen LogP contribution in [0.15, 0.2) is 116 Å². The molecule has 0 bridgehead atoms. The highest BCUT2D eigenvalue weighted by atomic mass is 79.9. The van der Waals surface area contributed by atoms with E-state index in [0.717, 1.165) is 40.1 Å². The first-order chi connectivity index (χ1) is 18.6. The standard InChI is InChI=1S/C29H26B2N3O4.2BrH/c35-30-38-28-8-3-23(4-9-28)21-33-15-11-24(12-16-33)26-5-10-29(32-19-26)25-13-17-34(18-14-25)20-22-1-6-27(7-2-22)31(36)37;;/h1-19,35-37H,20-21H2;2*1H/q+2;;/p-2. The van der Waals surface area contributed by atoms with E-state index in [0.29, 0.717) is 25.4 Å². The van der Waals surface area contributed by atoms with Crippen molar-refractivity contribution in [3.8, 4) is 28.1 Å². The summed E-state index contributed by atoms with van der Waals surface area (Å²) in [5.41, 5.74) is 6.75. The maximum atomic E-state index is 9.24. The summed E-state index contributed by atoms with van der Waals surface area (Å²) >= 11 is 0. The molecule has 0 unspecified atom stereocenters. The van der Waals surface area contributed by atoms with Gasteiger partial charge in [0.1, 0.15) is 5.75 Å². The second kappa shape index (κ2) is 14.9. The van der Waals surface area contributed by atoms with Crippen LogP contribution in [0, 0.1) is 0 Å². The molecule has 0 fully saturated rings. The van der Waals surface area contributed by atoms with Crippen LogP contribution in [0.2, 0.25) is 0 Å². The van der Waals surface area contributed by atoms with Crippen molar-refractivity contribution in [1.82, 2.24) is 4.98 Å². The van der Waals surface area contributed by atoms with Crippen molar-refractivity contribution in [3.63, 3.8) is 0 Å². The number of benzene rings is 2. The molecule has 0 spiro atoms. The maximum absolute atomic E-state index is 9.24. The number of hydrogen-bond donors (Lipinski definition) is 3. The van der Waals surface area contributed by atoms with Gasteiger partial charge in [-0.15, -0.1) is 0 Å². The van der Waals surface area contributed by atoms with Crippen LogP contribution >= 0.6 is 0 Å². The third-order valence-electron chi connectivity index (χ3n) is 6.30. The first kappa shape index (κ1) is 31.2. The second-order valence-corrected chi connectivity index (χ2v) is 8.93. The molecule has 11 heteroatoms. The molecule has 0 saturated carbocycles. The van der Waals surface area contributed by atoms with Gasteiger partial charge >= 0.3 is 14.8 Å². The Kier molecular flexibility index (Phi) is 11.6. The average Bonchev–Trinajstić information content (AvgIpc) is 2.96. The van der Waals surface area contributed by atoms with Crippen molar-refractivity contribution in [3.05, 3.63) is 127 Å². The molecule has 3 N–H and O–H groups in total. The van der Waals surface area contributed by atoms with Crippen molar-refractivity contribution < 1.29 is 62.8 Å². The van der Waals surface area contributed by atoms with Crippen LogP contribution < -0.4 is 53.2 Å². The van der Waals surface area contributed by atoms with E-state index in [9.17, 15) is 10.0 Å². The zero-order chi connectivity index (χ0) is 26.3. The summed E-state index contributed by atoms with van der Waals surface area (Å²) in [4.78, 5) is 4.68. The summed E-state index contributed by atoms with van der Waals surface area (Å²) in [6, 6.07) is 27.2. The van der Waals surface area contributed by atoms with Gasteiger partial charge in [-0.2, -0.15) is 0 Å². The zero-order valence-corrected chi connectivity index (χ0v) is 24.6. The molecule has 7 nitrogen and oxygen atoms in total. The normalized spacial score (nSPS) is 10.2. The quantitative estimate of drug-likeness (QED) is 0.110. The molecule has 3 heterocycles. The number of nitrogens with zero attached hydrogens (tertiary/aromatic N) is 3. The number of halogens is 2. The molecule has 0 aliphatic carbocycles. The Hall–Kier alpha value is -3.34. The lowest BCUT2D eigenvalue weighted by Crippen LogP contribution is -3.00. The monoisotopic (exact) mass is 660 g/mol. The van der Waals surface area contributed by atoms with Crippen LogP contribution in [-0.2, 0) is 13.1 Å². The van der Waals surface area contributed by atoms with Gasteiger partial charge in [-0.3, -0.25) is 4.98 Å². The Labute approximate surface area is 255 Å². The lowest BCUT2D eigenvalue weighted by atomic mass is 9.80. The minimum absolute atomic E-state index is 0. The summed E-state index contributed by atoms with van der Waals surface area (Å²) in [6.07, 6.45) is 10.0. The molecule has 0 aliphatic heterocycles. The average molecular weight is 662 g/mol. The van der Waals surface area contributed by atoms with Crippen molar-refractivity contribution >= 4 is 20.3 Å². The lowest BCUT2D eigenvalue weighted by molar-refractivity contribution is -0.688. The van der Waals surface area contributed by atoms with Crippen molar-refractivity contribution in [2.45, 2.75) is 13.1 Å². The van der Waals surface area contributed by atoms with Crippen LogP contribution in [-0.4, -0.2) is 34.9 Å². The van der Waals surface area contributed by atoms with Gasteiger partial charge in [0.05, 0.1) is 5.69 Å². The number of pyridine rings is 3. The summed E-state index contributed by atoms with van der Waals surface area (Å²) in [6.45, 7) is 1.41. The molecule has 0 atom stereocenters. The zero-order valence-electron chi connectivity index (χ0n) is 21.4. The highest BCUT2D eigenvalue weighted by Gasteiger charge is 2.12. The molecular formula is C29H26B2Br2N3O4. The number of hydrogen-bond acceptors (Lipinski definition) is 5. The Balaban J connectivity index is 0.00000220. The molecular weight excluding hydrogens is 636 g/mol. The van der Waals surface area contributed by atoms with Crippen LogP contribution in [0.3, 0.4) is 0 Å². The lowest BCUT2D eigenvalue weighted by Gasteiger charge is -2.05. The van der Waals surface area contributed by atoms with Gasteiger partial charge in [0, 0.05) is 52.7 Å². The Morgan fingerprint density at radius 1 is 0.650 bits per heavy atom. The second-order valence-electron chi connectivity index (χ2n) is 8.93. The van der Waals surface area contributed by atoms with E-state index in [1.54, 1.807) is 12.1 Å². The van der Waals surface area contributed by atoms with Crippen molar-refractivity contribution in [2.24, 2.45) is 0 Å². The molecule has 5 rings (SSSR count). The minimum atomic E-state index is -1.45. The molecule has 2 aromatic carbocycles. The largest absolute Gasteiger partial charge is 1.00 e. The van der Waals surface area contributed by atoms with Gasteiger partial charge in [0.15, 0.2) is 37.9 Å². The first-order valence-electron chi connectivity index (χ1n) is 12.2. The Morgan fingerprint density at radius 2 is 1.18 bits per heavy atom. The van der Waals surface area contributed by atoms with Crippen LogP contribution in [0.25, 0.3) is 22.4 Å². The number of rotatable bonds is 9. The molecule has 0 saturated heterocycles. The topological polar surface area (TPSA) is 90.6 Å². The van der Waals surface area contributed by atoms with Crippen LogP contribution in [0.1, 0.15) is 11.1 Å². The smallest absolute Gasteiger partial charge is 0.569 e. The van der Waals surface area contributed by atoms with E-state index in [1.165, 1.54) is 0 Å². The Bertz CT molecular complexity index is 1470. The first-order valence-corrected chi connectivity index (χ1v) is 12.2. The van der Waals surface area contributed by atoms with E-state index in [2.05, 4.69) is 32.3 Å². The van der Waals surface area contributed by atoms with Gasteiger partial charge in [0.25, 0.3) is 0 Å². The highest BCUT2D eigenvalue weighted by Crippen LogP contribution is 2.21. The molecule has 3 aromatic heterocycles. The summed E-state index contributed by atoms with van der Waals surface area (Å²) in [7, 11) is -0.772. The summed E-state index contributed by atoms with van der Waals surface area (Å²) in [5, 5.41) is 27.2. The third-order valence-corrected chi connectivity index (χ3v) is 6.30. The Morgan fingerprint density at radius 3 is 1.65 bits per heavy atom. The van der Waals surface area contributed by atoms with E-state index < -0.39 is 7.12 Å². The maximum Gasteiger partial charge on any atom is 0.569 e. The molecule has 1 radical (unpaired) electrons. The molecule has 40 heavy (non-hydrogen) atoms. The van der Waals surface area contributed by atoms with Gasteiger partial charge in [-0.25, -0.2) is 9.13 Å². The van der Waals surface area contributed by atoms with Crippen LogP contribution in [0.5, 0.6) is 5.75 Å². The van der Waals surface area contributed by atoms with Gasteiger partial charge in [0.2, 0.25) is 0 Å². The van der Waals surface area contributed by atoms with E-state index in [-0.39, 0.29) is 34.0 Å². The molecule has 0 amide bonds. The van der Waals surface area contributed by atoms with E-state index in [4.69, 9.17) is 9.68 Å². The minimum Gasteiger partial charge on any atom is -1.00 e. The van der Waals surface area contributed by atoms with Crippen molar-refractivity contribution in [1.29, 1.82) is 0 Å². The SMILES string of the molecule is O[B]Oc1ccc(C[n+]2ccc(-c3ccc(-c4cc[n+](Cc5ccc(B(O)O)cc5)cc4)nc3)cc2)cc1.[Br-].[Br-]. The summed E-state index contributed by atoms with van der Waals surface area (Å²) < 4.78 is 9.12. The van der Waals surface area contributed by atoms with Gasteiger partial charge in [-0.1, -0.05) is 30.3 Å². The highest BCUT2D eigenvalue weighted by molar-refractivity contribution is 6.58. The fraction of sp³-hybridized carbons (Fsp3) is 0.0690. The van der Waals surface area contributed by atoms with E-state index in [1.807, 2.05) is 85.6 Å². The predicted octanol–water partition coefficient (Wildman–Crippen LogP) is -4.32. The molecule has 5 aromatic rings. The third kappa shape index (κ3) is 8.09. The fourth-order valence-electron chi connectivity index (χ4n) is 4.18. The molecule has 0 aliphatic rings. The fourth-order valence-corrected chi connectivity index (χ4v) is 4.18. The predicted molar refractivity (Wildman–Crippen MR) is 145 cm³/mol. The molecule has 201 valence electrons. The van der Waals surface area contributed by atoms with Gasteiger partial charge in [-0.05, 0) is 41.4 Å². The van der Waals surface area contributed by atoms with Crippen molar-refractivity contribution in [2.75, 3.05) is 0 Å². The number of aromatic nitrogens is 3. The van der Waals surface area contributed by atoms with Gasteiger partial charge < -0.3 is 53.7 Å². The van der Waals surface area contributed by atoms with Crippen LogP contribution in [0.4, 0.5) is 0 Å². The van der Waals surface area contributed by atoms with E-state index >= 15 is 0 Å². The summed E-state index contributed by atoms with van der Waals surface area (Å²) in [5.74, 6) is 0.592.